The van der Waals surface area contributed by atoms with Crippen LogP contribution in [0.4, 0.5) is 5.69 Å². The fourth-order valence-corrected chi connectivity index (χ4v) is 4.70. The van der Waals surface area contributed by atoms with Crippen LogP contribution < -0.4 is 19.1 Å². The first-order valence-electron chi connectivity index (χ1n) is 11.9. The zero-order chi connectivity index (χ0) is 24.2. The Hall–Kier alpha value is -4.00. The molecule has 0 N–H and O–H groups in total. The van der Waals surface area contributed by atoms with Crippen LogP contribution in [0, 0.1) is 0 Å². The molecule has 1 aromatic heterocycles. The molecule has 7 heteroatoms. The van der Waals surface area contributed by atoms with Gasteiger partial charge in [-0.25, -0.2) is 4.98 Å². The molecule has 180 valence electrons. The molecule has 1 aliphatic rings. The van der Waals surface area contributed by atoms with Gasteiger partial charge in [-0.2, -0.15) is 0 Å². The van der Waals surface area contributed by atoms with Crippen LogP contribution in [0.3, 0.4) is 0 Å². The number of anilines is 1. The topological polar surface area (TPSA) is 65.8 Å². The molecular weight excluding hydrogens is 442 g/mol. The first kappa shape index (κ1) is 22.8. The molecule has 1 amide bonds. The second kappa shape index (κ2) is 10.1. The number of carbonyl (C=O) groups is 1. The van der Waals surface area contributed by atoms with Gasteiger partial charge in [-0.3, -0.25) is 4.79 Å². The van der Waals surface area contributed by atoms with Gasteiger partial charge in [0.2, 0.25) is 5.91 Å². The zero-order valence-electron chi connectivity index (χ0n) is 20.0. The van der Waals surface area contributed by atoms with E-state index in [9.17, 15) is 4.79 Å². The third-order valence-electron chi connectivity index (χ3n) is 6.27. The lowest BCUT2D eigenvalue weighted by molar-refractivity contribution is -0.117. The number of benzene rings is 3. The normalized spacial score (nSPS) is 15.5. The number of nitrogens with zero attached hydrogens (tertiary/aromatic N) is 3. The lowest BCUT2D eigenvalue weighted by Gasteiger charge is -2.20. The first-order chi connectivity index (χ1) is 17.2. The molecule has 0 spiro atoms. The van der Waals surface area contributed by atoms with Crippen molar-refractivity contribution in [2.24, 2.45) is 0 Å². The number of hydrogen-bond donors (Lipinski definition) is 0. The number of rotatable bonds is 9. The summed E-state index contributed by atoms with van der Waals surface area (Å²) in [5.74, 6) is 3.08. The molecule has 3 aromatic carbocycles. The van der Waals surface area contributed by atoms with E-state index in [4.69, 9.17) is 19.2 Å². The fraction of sp³-hybridized carbons (Fsp3) is 0.286. The average molecular weight is 472 g/mol. The lowest BCUT2D eigenvalue weighted by Crippen LogP contribution is -2.25. The summed E-state index contributed by atoms with van der Waals surface area (Å²) in [4.78, 5) is 19.9. The summed E-state index contributed by atoms with van der Waals surface area (Å²) < 4.78 is 19.4. The maximum absolute atomic E-state index is 13.1. The van der Waals surface area contributed by atoms with E-state index in [0.29, 0.717) is 44.2 Å². The van der Waals surface area contributed by atoms with Crippen molar-refractivity contribution in [2.75, 3.05) is 31.8 Å². The summed E-state index contributed by atoms with van der Waals surface area (Å²) in [7, 11) is 1.64. The molecule has 0 saturated carbocycles. The molecule has 1 fully saturated rings. The summed E-state index contributed by atoms with van der Waals surface area (Å²) in [6.45, 7) is 4.10. The van der Waals surface area contributed by atoms with Crippen LogP contribution >= 0.6 is 0 Å². The molecule has 1 atom stereocenters. The van der Waals surface area contributed by atoms with Gasteiger partial charge in [-0.15, -0.1) is 0 Å². The van der Waals surface area contributed by atoms with Crippen molar-refractivity contribution < 1.29 is 19.0 Å². The second-order valence-electron chi connectivity index (χ2n) is 8.42. The van der Waals surface area contributed by atoms with Crippen LogP contribution in [0.5, 0.6) is 17.2 Å². The van der Waals surface area contributed by atoms with Gasteiger partial charge < -0.3 is 23.7 Å². The summed E-state index contributed by atoms with van der Waals surface area (Å²) in [6.07, 6.45) is 0.400. The molecule has 4 aromatic rings. The molecular formula is C28H29N3O4. The first-order valence-corrected chi connectivity index (χ1v) is 11.9. The van der Waals surface area contributed by atoms with Gasteiger partial charge >= 0.3 is 0 Å². The number of imidazole rings is 1. The smallest absolute Gasteiger partial charge is 0.227 e. The fourth-order valence-electron chi connectivity index (χ4n) is 4.70. The van der Waals surface area contributed by atoms with Gasteiger partial charge in [0.25, 0.3) is 0 Å². The molecule has 0 bridgehead atoms. The number of hydrogen-bond acceptors (Lipinski definition) is 5. The highest BCUT2D eigenvalue weighted by atomic mass is 16.5. The van der Waals surface area contributed by atoms with Crippen molar-refractivity contribution in [3.05, 3.63) is 78.6 Å². The quantitative estimate of drug-likeness (QED) is 0.342. The molecule has 7 nitrogen and oxygen atoms in total. The minimum Gasteiger partial charge on any atom is -0.493 e. The van der Waals surface area contributed by atoms with Crippen molar-refractivity contribution in [2.45, 2.75) is 25.8 Å². The maximum Gasteiger partial charge on any atom is 0.227 e. The highest BCUT2D eigenvalue weighted by Gasteiger charge is 2.36. The third-order valence-corrected chi connectivity index (χ3v) is 6.27. The Bertz CT molecular complexity index is 1330. The van der Waals surface area contributed by atoms with E-state index in [-0.39, 0.29) is 11.8 Å². The number of para-hydroxylation sites is 6. The maximum atomic E-state index is 13.1. The summed E-state index contributed by atoms with van der Waals surface area (Å²) in [6, 6.07) is 23.4. The Labute approximate surface area is 204 Å². The Morgan fingerprint density at radius 2 is 1.63 bits per heavy atom. The molecule has 2 heterocycles. The summed E-state index contributed by atoms with van der Waals surface area (Å²) in [5.41, 5.74) is 2.76. The van der Waals surface area contributed by atoms with E-state index < -0.39 is 0 Å². The van der Waals surface area contributed by atoms with Crippen molar-refractivity contribution in [1.82, 2.24) is 9.55 Å². The van der Waals surface area contributed by atoms with Crippen LogP contribution in [0.1, 0.15) is 25.1 Å². The molecule has 1 saturated heterocycles. The summed E-state index contributed by atoms with van der Waals surface area (Å²) >= 11 is 0. The Morgan fingerprint density at radius 3 is 2.43 bits per heavy atom. The van der Waals surface area contributed by atoms with Gasteiger partial charge in [0.15, 0.2) is 11.5 Å². The lowest BCUT2D eigenvalue weighted by atomic mass is 10.1. The van der Waals surface area contributed by atoms with Crippen molar-refractivity contribution >= 4 is 22.6 Å². The molecule has 5 rings (SSSR count). The molecule has 0 unspecified atom stereocenters. The van der Waals surface area contributed by atoms with Crippen molar-refractivity contribution in [1.29, 1.82) is 0 Å². The van der Waals surface area contributed by atoms with Crippen molar-refractivity contribution in [3.63, 3.8) is 0 Å². The predicted octanol–water partition coefficient (Wildman–Crippen LogP) is 5.04. The molecule has 0 aliphatic carbocycles. The highest BCUT2D eigenvalue weighted by molar-refractivity contribution is 5.97. The number of amides is 1. The summed E-state index contributed by atoms with van der Waals surface area (Å²) in [5, 5.41) is 0. The minimum absolute atomic E-state index is 0.0316. The van der Waals surface area contributed by atoms with E-state index in [2.05, 4.69) is 10.6 Å². The SMILES string of the molecule is CCOc1ccccc1N1C[C@@H](c2nc3ccccc3n2CCOc2ccccc2OC)CC1=O. The van der Waals surface area contributed by atoms with E-state index in [1.165, 1.54) is 0 Å². The average Bonchev–Trinajstić information content (AvgIpc) is 3.45. The van der Waals surface area contributed by atoms with Crippen LogP contribution in [0.25, 0.3) is 11.0 Å². The number of fused-ring (bicyclic) bond motifs is 1. The monoisotopic (exact) mass is 471 g/mol. The molecule has 0 radical (unpaired) electrons. The zero-order valence-corrected chi connectivity index (χ0v) is 20.0. The third kappa shape index (κ3) is 4.54. The van der Waals surface area contributed by atoms with Crippen LogP contribution in [0.2, 0.25) is 0 Å². The van der Waals surface area contributed by atoms with Gasteiger partial charge in [0.1, 0.15) is 18.2 Å². The standard InChI is InChI=1S/C28H29N3O4/c1-3-34-24-13-7-6-12-23(24)31-19-20(18-27(31)32)28-29-21-10-4-5-11-22(21)30(28)16-17-35-26-15-9-8-14-25(26)33-2/h4-15,20H,3,16-19H2,1-2H3/t20-/m0/s1. The number of carbonyl (C=O) groups excluding carboxylic acids is 1. The number of methoxy groups -OCH3 is 1. The van der Waals surface area contributed by atoms with Gasteiger partial charge in [0.05, 0.1) is 37.0 Å². The Balaban J connectivity index is 1.41. The highest BCUT2D eigenvalue weighted by Crippen LogP contribution is 2.37. The number of aromatic nitrogens is 2. The van der Waals surface area contributed by atoms with Crippen LogP contribution in [-0.4, -0.2) is 42.3 Å². The van der Waals surface area contributed by atoms with Crippen LogP contribution in [-0.2, 0) is 11.3 Å². The van der Waals surface area contributed by atoms with Crippen LogP contribution in [0.15, 0.2) is 72.8 Å². The Kier molecular flexibility index (Phi) is 6.57. The molecule has 35 heavy (non-hydrogen) atoms. The van der Waals surface area contributed by atoms with E-state index >= 15 is 0 Å². The van der Waals surface area contributed by atoms with E-state index in [1.807, 2.05) is 78.6 Å². The predicted molar refractivity (Wildman–Crippen MR) is 136 cm³/mol. The van der Waals surface area contributed by atoms with Gasteiger partial charge in [0, 0.05) is 18.9 Å². The van der Waals surface area contributed by atoms with Gasteiger partial charge in [-0.05, 0) is 43.3 Å². The molecule has 1 aliphatic heterocycles. The number of ether oxygens (including phenoxy) is 3. The van der Waals surface area contributed by atoms with Gasteiger partial charge in [-0.1, -0.05) is 36.4 Å². The largest absolute Gasteiger partial charge is 0.493 e. The van der Waals surface area contributed by atoms with Crippen molar-refractivity contribution in [3.8, 4) is 17.2 Å². The van der Waals surface area contributed by atoms with E-state index in [0.717, 1.165) is 28.3 Å². The second-order valence-corrected chi connectivity index (χ2v) is 8.42. The van der Waals surface area contributed by atoms with E-state index in [1.54, 1.807) is 7.11 Å². The minimum atomic E-state index is -0.0316. The Morgan fingerprint density at radius 1 is 0.914 bits per heavy atom.